The normalized spacial score (nSPS) is 15.4. The summed E-state index contributed by atoms with van der Waals surface area (Å²) >= 11 is 3.56. The molecule has 1 aliphatic heterocycles. The number of hydrogen-bond acceptors (Lipinski definition) is 2. The van der Waals surface area contributed by atoms with Crippen LogP contribution < -0.4 is 10.6 Å². The van der Waals surface area contributed by atoms with Crippen molar-refractivity contribution < 1.29 is 0 Å². The van der Waals surface area contributed by atoms with E-state index in [2.05, 4.69) is 63.3 Å². The lowest BCUT2D eigenvalue weighted by Gasteiger charge is -2.23. The molecule has 3 rings (SSSR count). The molecule has 1 atom stereocenters. The minimum Gasteiger partial charge on any atom is -0.363 e. The van der Waals surface area contributed by atoms with E-state index in [9.17, 15) is 0 Å². The van der Waals surface area contributed by atoms with Gasteiger partial charge in [-0.25, -0.2) is 0 Å². The SMILES string of the molecule is CC(N)c1ccc(Br)cc1N1Cc2ccccc2C1. The molecule has 1 unspecified atom stereocenters. The number of anilines is 1. The second-order valence-electron chi connectivity index (χ2n) is 5.12. The standard InChI is InChI=1S/C16H17BrN2/c1-11(18)15-7-6-14(17)8-16(15)19-9-12-4-2-3-5-13(12)10-19/h2-8,11H,9-10,18H2,1H3. The Morgan fingerprint density at radius 1 is 1.11 bits per heavy atom. The molecule has 98 valence electrons. The number of nitrogens with two attached hydrogens (primary N) is 1. The number of halogens is 1. The lowest BCUT2D eigenvalue weighted by Crippen LogP contribution is -2.19. The van der Waals surface area contributed by atoms with Gasteiger partial charge < -0.3 is 10.6 Å². The van der Waals surface area contributed by atoms with Gasteiger partial charge in [0.15, 0.2) is 0 Å². The minimum absolute atomic E-state index is 0.0480. The Kier molecular flexibility index (Phi) is 3.33. The Balaban J connectivity index is 1.99. The summed E-state index contributed by atoms with van der Waals surface area (Å²) in [5.74, 6) is 0. The molecule has 1 aliphatic rings. The summed E-state index contributed by atoms with van der Waals surface area (Å²) in [4.78, 5) is 2.40. The van der Waals surface area contributed by atoms with Crippen LogP contribution >= 0.6 is 15.9 Å². The Morgan fingerprint density at radius 3 is 2.32 bits per heavy atom. The van der Waals surface area contributed by atoms with Crippen LogP contribution in [-0.2, 0) is 13.1 Å². The van der Waals surface area contributed by atoms with E-state index in [-0.39, 0.29) is 6.04 Å². The van der Waals surface area contributed by atoms with Crippen LogP contribution in [0.1, 0.15) is 29.7 Å². The number of fused-ring (bicyclic) bond motifs is 1. The molecule has 0 amide bonds. The van der Waals surface area contributed by atoms with Crippen molar-refractivity contribution >= 4 is 21.6 Å². The zero-order chi connectivity index (χ0) is 13.4. The van der Waals surface area contributed by atoms with Crippen molar-refractivity contribution in [1.82, 2.24) is 0 Å². The van der Waals surface area contributed by atoms with E-state index >= 15 is 0 Å². The third-order valence-electron chi connectivity index (χ3n) is 3.66. The van der Waals surface area contributed by atoms with Crippen LogP contribution in [0.5, 0.6) is 0 Å². The summed E-state index contributed by atoms with van der Waals surface area (Å²) in [5.41, 5.74) is 11.4. The molecule has 2 aromatic carbocycles. The third-order valence-corrected chi connectivity index (χ3v) is 4.16. The molecule has 1 heterocycles. The third kappa shape index (κ3) is 2.40. The fourth-order valence-electron chi connectivity index (χ4n) is 2.68. The van der Waals surface area contributed by atoms with Gasteiger partial charge in [-0.1, -0.05) is 46.3 Å². The van der Waals surface area contributed by atoms with Crippen molar-refractivity contribution in [2.75, 3.05) is 4.90 Å². The highest BCUT2D eigenvalue weighted by atomic mass is 79.9. The Morgan fingerprint density at radius 2 is 1.74 bits per heavy atom. The fourth-order valence-corrected chi connectivity index (χ4v) is 3.03. The van der Waals surface area contributed by atoms with Gasteiger partial charge in [0, 0.05) is 29.3 Å². The quantitative estimate of drug-likeness (QED) is 0.907. The highest BCUT2D eigenvalue weighted by Crippen LogP contribution is 2.34. The van der Waals surface area contributed by atoms with Crippen LogP contribution in [0.15, 0.2) is 46.9 Å². The highest BCUT2D eigenvalue weighted by Gasteiger charge is 2.21. The molecule has 0 fully saturated rings. The largest absolute Gasteiger partial charge is 0.363 e. The number of nitrogens with zero attached hydrogens (tertiary/aromatic N) is 1. The maximum absolute atomic E-state index is 6.10. The lowest BCUT2D eigenvalue weighted by atomic mass is 10.1. The molecule has 2 aromatic rings. The van der Waals surface area contributed by atoms with E-state index in [0.29, 0.717) is 0 Å². The first-order valence-corrected chi connectivity index (χ1v) is 7.31. The van der Waals surface area contributed by atoms with E-state index in [1.165, 1.54) is 22.4 Å². The van der Waals surface area contributed by atoms with Gasteiger partial charge in [0.2, 0.25) is 0 Å². The molecule has 0 spiro atoms. The lowest BCUT2D eigenvalue weighted by molar-refractivity contribution is 0.791. The Labute approximate surface area is 122 Å². The molecule has 0 aromatic heterocycles. The number of hydrogen-bond donors (Lipinski definition) is 1. The molecule has 0 radical (unpaired) electrons. The molecule has 0 aliphatic carbocycles. The topological polar surface area (TPSA) is 29.3 Å². The Hall–Kier alpha value is -1.32. The van der Waals surface area contributed by atoms with E-state index < -0.39 is 0 Å². The van der Waals surface area contributed by atoms with Crippen LogP contribution in [0.25, 0.3) is 0 Å². The monoisotopic (exact) mass is 316 g/mol. The van der Waals surface area contributed by atoms with Crippen molar-refractivity contribution in [3.8, 4) is 0 Å². The van der Waals surface area contributed by atoms with E-state index in [0.717, 1.165) is 17.6 Å². The van der Waals surface area contributed by atoms with Gasteiger partial charge in [-0.3, -0.25) is 0 Å². The van der Waals surface area contributed by atoms with Crippen LogP contribution in [0, 0.1) is 0 Å². The maximum atomic E-state index is 6.10. The molecule has 19 heavy (non-hydrogen) atoms. The zero-order valence-electron chi connectivity index (χ0n) is 10.9. The summed E-state index contributed by atoms with van der Waals surface area (Å²) in [6, 6.07) is 15.0. The van der Waals surface area contributed by atoms with Crippen LogP contribution in [0.2, 0.25) is 0 Å². The predicted molar refractivity (Wildman–Crippen MR) is 83.1 cm³/mol. The summed E-state index contributed by atoms with van der Waals surface area (Å²) in [6.07, 6.45) is 0. The van der Waals surface area contributed by atoms with Crippen molar-refractivity contribution in [2.24, 2.45) is 5.73 Å². The molecular weight excluding hydrogens is 300 g/mol. The molecule has 0 saturated carbocycles. The molecule has 2 nitrogen and oxygen atoms in total. The Bertz CT molecular complexity index is 582. The molecular formula is C16H17BrN2. The average Bonchev–Trinajstić information content (AvgIpc) is 2.81. The number of benzene rings is 2. The zero-order valence-corrected chi connectivity index (χ0v) is 12.5. The average molecular weight is 317 g/mol. The number of rotatable bonds is 2. The van der Waals surface area contributed by atoms with Gasteiger partial charge in [0.25, 0.3) is 0 Å². The van der Waals surface area contributed by atoms with Gasteiger partial charge >= 0.3 is 0 Å². The van der Waals surface area contributed by atoms with Crippen LogP contribution in [0.3, 0.4) is 0 Å². The second kappa shape index (κ2) is 4.99. The smallest absolute Gasteiger partial charge is 0.0436 e. The molecule has 0 saturated heterocycles. The summed E-state index contributed by atoms with van der Waals surface area (Å²) in [6.45, 7) is 3.97. The predicted octanol–water partition coefficient (Wildman–Crippen LogP) is 3.99. The maximum Gasteiger partial charge on any atom is 0.0436 e. The fraction of sp³-hybridized carbons (Fsp3) is 0.250. The molecule has 3 heteroatoms. The van der Waals surface area contributed by atoms with Crippen molar-refractivity contribution in [3.05, 3.63) is 63.6 Å². The molecule has 2 N–H and O–H groups in total. The van der Waals surface area contributed by atoms with E-state index in [1.54, 1.807) is 0 Å². The van der Waals surface area contributed by atoms with Gasteiger partial charge in [-0.05, 0) is 35.7 Å². The van der Waals surface area contributed by atoms with Gasteiger partial charge in [-0.15, -0.1) is 0 Å². The summed E-state index contributed by atoms with van der Waals surface area (Å²) in [7, 11) is 0. The van der Waals surface area contributed by atoms with Crippen LogP contribution in [0.4, 0.5) is 5.69 Å². The van der Waals surface area contributed by atoms with E-state index in [1.807, 2.05) is 6.92 Å². The van der Waals surface area contributed by atoms with Gasteiger partial charge in [-0.2, -0.15) is 0 Å². The minimum atomic E-state index is 0.0480. The van der Waals surface area contributed by atoms with Crippen molar-refractivity contribution in [2.45, 2.75) is 26.1 Å². The first kappa shape index (κ1) is 12.7. The highest BCUT2D eigenvalue weighted by molar-refractivity contribution is 9.10. The van der Waals surface area contributed by atoms with Crippen molar-refractivity contribution in [1.29, 1.82) is 0 Å². The summed E-state index contributed by atoms with van der Waals surface area (Å²) < 4.78 is 1.10. The first-order chi connectivity index (χ1) is 9.15. The van der Waals surface area contributed by atoms with Crippen LogP contribution in [-0.4, -0.2) is 0 Å². The van der Waals surface area contributed by atoms with E-state index in [4.69, 9.17) is 5.73 Å². The second-order valence-corrected chi connectivity index (χ2v) is 6.03. The molecule has 0 bridgehead atoms. The van der Waals surface area contributed by atoms with Gasteiger partial charge in [0.1, 0.15) is 0 Å². The first-order valence-electron chi connectivity index (χ1n) is 6.52. The van der Waals surface area contributed by atoms with Gasteiger partial charge in [0.05, 0.1) is 0 Å². The van der Waals surface area contributed by atoms with Crippen molar-refractivity contribution in [3.63, 3.8) is 0 Å². The summed E-state index contributed by atoms with van der Waals surface area (Å²) in [5, 5.41) is 0.